The highest BCUT2D eigenvalue weighted by atomic mass is 32.2. The van der Waals surface area contributed by atoms with Gasteiger partial charge in [-0.05, 0) is 23.8 Å². The van der Waals surface area contributed by atoms with E-state index < -0.39 is 15.9 Å². The molecule has 0 amide bonds. The van der Waals surface area contributed by atoms with Gasteiger partial charge in [-0.15, -0.1) is 0 Å². The fourth-order valence-corrected chi connectivity index (χ4v) is 3.45. The van der Waals surface area contributed by atoms with Crippen molar-refractivity contribution in [2.24, 2.45) is 0 Å². The van der Waals surface area contributed by atoms with E-state index in [0.717, 1.165) is 17.9 Å². The van der Waals surface area contributed by atoms with Gasteiger partial charge < -0.3 is 9.84 Å². The summed E-state index contributed by atoms with van der Waals surface area (Å²) < 4.78 is 28.7. The largest absolute Gasteiger partial charge is 0.492 e. The summed E-state index contributed by atoms with van der Waals surface area (Å²) in [6.07, 6.45) is 0.497. The summed E-state index contributed by atoms with van der Waals surface area (Å²) in [6, 6.07) is 14.3. The number of aliphatic hydroxyl groups is 1. The van der Waals surface area contributed by atoms with Gasteiger partial charge in [0.15, 0.2) is 9.84 Å². The van der Waals surface area contributed by atoms with Crippen molar-refractivity contribution in [1.29, 1.82) is 0 Å². The molecule has 1 atom stereocenters. The molecule has 2 aromatic carbocycles. The number of aliphatic hydroxyl groups excluding tert-OH is 1. The van der Waals surface area contributed by atoms with Crippen molar-refractivity contribution >= 4 is 9.84 Å². The third-order valence-corrected chi connectivity index (χ3v) is 5.28. The van der Waals surface area contributed by atoms with Crippen molar-refractivity contribution in [3.63, 3.8) is 0 Å². The highest BCUT2D eigenvalue weighted by Gasteiger charge is 2.19. The summed E-state index contributed by atoms with van der Waals surface area (Å²) >= 11 is 0. The van der Waals surface area contributed by atoms with E-state index in [2.05, 4.69) is 4.90 Å². The van der Waals surface area contributed by atoms with Crippen LogP contribution in [0.5, 0.6) is 5.75 Å². The first-order valence-corrected chi connectivity index (χ1v) is 9.74. The number of benzene rings is 2. The lowest BCUT2D eigenvalue weighted by molar-refractivity contribution is 0.105. The van der Waals surface area contributed by atoms with Crippen LogP contribution in [-0.4, -0.2) is 44.4 Å². The lowest BCUT2D eigenvalue weighted by Gasteiger charge is -2.23. The van der Waals surface area contributed by atoms with E-state index in [0.29, 0.717) is 25.3 Å². The molecule has 0 bridgehead atoms. The molecule has 2 aromatic rings. The Morgan fingerprint density at radius 3 is 2.58 bits per heavy atom. The van der Waals surface area contributed by atoms with Crippen molar-refractivity contribution in [3.8, 4) is 5.75 Å². The monoisotopic (exact) mass is 347 g/mol. The van der Waals surface area contributed by atoms with Crippen molar-refractivity contribution in [3.05, 3.63) is 59.7 Å². The second-order valence-corrected chi connectivity index (χ2v) is 8.06. The van der Waals surface area contributed by atoms with E-state index in [1.807, 2.05) is 24.3 Å². The number of sulfone groups is 1. The molecule has 24 heavy (non-hydrogen) atoms. The van der Waals surface area contributed by atoms with Crippen molar-refractivity contribution < 1.29 is 18.3 Å². The van der Waals surface area contributed by atoms with Gasteiger partial charge in [0.1, 0.15) is 12.4 Å². The van der Waals surface area contributed by atoms with Crippen molar-refractivity contribution in [1.82, 2.24) is 4.90 Å². The smallest absolute Gasteiger partial charge is 0.175 e. The van der Waals surface area contributed by atoms with Crippen LogP contribution in [0.1, 0.15) is 17.2 Å². The minimum Gasteiger partial charge on any atom is -0.492 e. The van der Waals surface area contributed by atoms with Crippen LogP contribution in [0.3, 0.4) is 0 Å². The fraction of sp³-hybridized carbons (Fsp3) is 0.333. The van der Waals surface area contributed by atoms with E-state index in [9.17, 15) is 13.5 Å². The maximum atomic E-state index is 11.5. The average molecular weight is 347 g/mol. The van der Waals surface area contributed by atoms with Crippen LogP contribution >= 0.6 is 0 Å². The van der Waals surface area contributed by atoms with Gasteiger partial charge >= 0.3 is 0 Å². The Labute approximate surface area is 142 Å². The minimum atomic E-state index is -3.22. The topological polar surface area (TPSA) is 66.8 Å². The van der Waals surface area contributed by atoms with E-state index in [1.165, 1.54) is 18.4 Å². The molecule has 1 N–H and O–H groups in total. The molecule has 0 radical (unpaired) electrons. The maximum absolute atomic E-state index is 11.5. The van der Waals surface area contributed by atoms with Gasteiger partial charge in [-0.25, -0.2) is 8.42 Å². The molecular formula is C18H21NO4S. The number of para-hydroxylation sites is 1. The summed E-state index contributed by atoms with van der Waals surface area (Å²) in [5, 5.41) is 10.5. The van der Waals surface area contributed by atoms with Crippen molar-refractivity contribution in [2.45, 2.75) is 17.5 Å². The van der Waals surface area contributed by atoms with Crippen LogP contribution in [0.25, 0.3) is 0 Å². The molecule has 0 saturated heterocycles. The molecule has 0 saturated carbocycles. The molecule has 6 heteroatoms. The Balaban J connectivity index is 1.69. The van der Waals surface area contributed by atoms with Gasteiger partial charge in [-0.1, -0.05) is 30.3 Å². The molecule has 0 fully saturated rings. The van der Waals surface area contributed by atoms with E-state index in [4.69, 9.17) is 4.74 Å². The molecule has 3 rings (SSSR count). The van der Waals surface area contributed by atoms with Gasteiger partial charge in [0, 0.05) is 31.5 Å². The zero-order chi connectivity index (χ0) is 17.2. The number of hydrogen-bond acceptors (Lipinski definition) is 5. The summed E-state index contributed by atoms with van der Waals surface area (Å²) in [4.78, 5) is 2.40. The summed E-state index contributed by atoms with van der Waals surface area (Å²) in [6.45, 7) is 2.49. The van der Waals surface area contributed by atoms with Crippen LogP contribution in [0.15, 0.2) is 53.4 Å². The summed E-state index contributed by atoms with van der Waals surface area (Å²) in [5.74, 6) is 0.895. The standard InChI is InChI=1S/C18H21NO4S/c1-24(21,22)16-8-6-14(7-9-16)17(20)13-19-10-11-23-18-5-3-2-4-15(18)12-19/h2-9,17,20H,10-13H2,1H3. The van der Waals surface area contributed by atoms with Gasteiger partial charge in [-0.2, -0.15) is 0 Å². The molecule has 5 nitrogen and oxygen atoms in total. The van der Waals surface area contributed by atoms with E-state index >= 15 is 0 Å². The molecule has 1 unspecified atom stereocenters. The Morgan fingerprint density at radius 2 is 1.88 bits per heavy atom. The third-order valence-electron chi connectivity index (χ3n) is 4.16. The third kappa shape index (κ3) is 3.95. The second kappa shape index (κ2) is 6.93. The number of fused-ring (bicyclic) bond motifs is 1. The Hall–Kier alpha value is -1.89. The Morgan fingerprint density at radius 1 is 1.17 bits per heavy atom. The zero-order valence-corrected chi connectivity index (χ0v) is 14.4. The van der Waals surface area contributed by atoms with Gasteiger partial charge in [0.2, 0.25) is 0 Å². The van der Waals surface area contributed by atoms with E-state index in [1.54, 1.807) is 12.1 Å². The molecule has 1 aliphatic rings. The maximum Gasteiger partial charge on any atom is 0.175 e. The summed E-state index contributed by atoms with van der Waals surface area (Å²) in [5.41, 5.74) is 1.82. The number of nitrogens with zero attached hydrogens (tertiary/aromatic N) is 1. The SMILES string of the molecule is CS(=O)(=O)c1ccc(C(O)CN2CCOc3ccccc3C2)cc1. The normalized spacial score (nSPS) is 16.8. The quantitative estimate of drug-likeness (QED) is 0.916. The minimum absolute atomic E-state index is 0.260. The predicted molar refractivity (Wildman–Crippen MR) is 91.7 cm³/mol. The van der Waals surface area contributed by atoms with Crippen molar-refractivity contribution in [2.75, 3.05) is 26.0 Å². The molecule has 128 valence electrons. The molecular weight excluding hydrogens is 326 g/mol. The van der Waals surface area contributed by atoms with Crippen LogP contribution < -0.4 is 4.74 Å². The second-order valence-electron chi connectivity index (χ2n) is 6.05. The van der Waals surface area contributed by atoms with Crippen LogP contribution in [-0.2, 0) is 16.4 Å². The van der Waals surface area contributed by atoms with Gasteiger partial charge in [0.25, 0.3) is 0 Å². The Kier molecular flexibility index (Phi) is 4.89. The van der Waals surface area contributed by atoms with E-state index in [-0.39, 0.29) is 4.90 Å². The van der Waals surface area contributed by atoms with Gasteiger partial charge in [0.05, 0.1) is 11.0 Å². The number of hydrogen-bond donors (Lipinski definition) is 1. The van der Waals surface area contributed by atoms with Gasteiger partial charge in [-0.3, -0.25) is 4.90 Å². The number of rotatable bonds is 4. The average Bonchev–Trinajstić information content (AvgIpc) is 2.75. The molecule has 0 spiro atoms. The predicted octanol–water partition coefficient (Wildman–Crippen LogP) is 2.02. The highest BCUT2D eigenvalue weighted by molar-refractivity contribution is 7.90. The zero-order valence-electron chi connectivity index (χ0n) is 13.6. The first-order chi connectivity index (χ1) is 11.4. The molecule has 0 aliphatic carbocycles. The lowest BCUT2D eigenvalue weighted by atomic mass is 10.1. The molecule has 1 heterocycles. The fourth-order valence-electron chi connectivity index (χ4n) is 2.82. The highest BCUT2D eigenvalue weighted by Crippen LogP contribution is 2.24. The number of ether oxygens (including phenoxy) is 1. The lowest BCUT2D eigenvalue weighted by Crippen LogP contribution is -2.30. The first kappa shape index (κ1) is 17.0. The summed E-state index contributed by atoms with van der Waals surface area (Å²) in [7, 11) is -3.22. The van der Waals surface area contributed by atoms with Crippen LogP contribution in [0, 0.1) is 0 Å². The van der Waals surface area contributed by atoms with Crippen LogP contribution in [0.2, 0.25) is 0 Å². The first-order valence-electron chi connectivity index (χ1n) is 7.84. The number of β-amino-alcohol motifs (C(OH)–C–C–N with tert-alkyl or cyclic N) is 1. The molecule has 1 aliphatic heterocycles. The van der Waals surface area contributed by atoms with Crippen LogP contribution in [0.4, 0.5) is 0 Å². The molecule has 0 aromatic heterocycles. The Bertz CT molecular complexity index is 802.